The van der Waals surface area contributed by atoms with Gasteiger partial charge in [-0.1, -0.05) is 105 Å². The van der Waals surface area contributed by atoms with Gasteiger partial charge in [0.05, 0.1) is 0 Å². The van der Waals surface area contributed by atoms with Gasteiger partial charge in [-0.25, -0.2) is 0 Å². The minimum Gasteiger partial charge on any atom is -0.462 e. The number of fused-ring (bicyclic) bond motifs is 5. The maximum Gasteiger partial charge on any atom is 0.306 e. The predicted octanol–water partition coefficient (Wildman–Crippen LogP) is 10.7. The minimum atomic E-state index is 0.0522. The molecule has 0 aromatic carbocycles. The molecule has 0 N–H and O–H groups in total. The van der Waals surface area contributed by atoms with Gasteiger partial charge in [0.2, 0.25) is 0 Å². The van der Waals surface area contributed by atoms with E-state index in [-0.39, 0.29) is 12.1 Å². The number of esters is 1. The molecule has 3 fully saturated rings. The smallest absolute Gasteiger partial charge is 0.306 e. The first-order valence-electron chi connectivity index (χ1n) is 17.1. The number of allylic oxidation sites excluding steroid dienone is 1. The van der Waals surface area contributed by atoms with Gasteiger partial charge in [-0.15, -0.1) is 0 Å². The summed E-state index contributed by atoms with van der Waals surface area (Å²) in [4.78, 5) is 12.6. The highest BCUT2D eigenvalue weighted by Crippen LogP contribution is 2.67. The second-order valence-electron chi connectivity index (χ2n) is 15.2. The lowest BCUT2D eigenvalue weighted by Crippen LogP contribution is -2.51. The van der Waals surface area contributed by atoms with Gasteiger partial charge in [0.25, 0.3) is 0 Å². The van der Waals surface area contributed by atoms with Crippen LogP contribution in [0.4, 0.5) is 0 Å². The summed E-state index contributed by atoms with van der Waals surface area (Å²) in [6.45, 7) is 14.9. The fourth-order valence-corrected chi connectivity index (χ4v) is 10.0. The summed E-state index contributed by atoms with van der Waals surface area (Å²) in [5.41, 5.74) is 2.54. The van der Waals surface area contributed by atoms with Crippen molar-refractivity contribution < 1.29 is 9.53 Å². The minimum absolute atomic E-state index is 0.0522. The summed E-state index contributed by atoms with van der Waals surface area (Å²) in [5, 5.41) is 0. The third kappa shape index (κ3) is 6.57. The van der Waals surface area contributed by atoms with Gasteiger partial charge in [-0.2, -0.15) is 0 Å². The summed E-state index contributed by atoms with van der Waals surface area (Å²) in [6, 6.07) is 0. The molecule has 0 aromatic rings. The topological polar surface area (TPSA) is 26.3 Å². The highest BCUT2D eigenvalue weighted by Gasteiger charge is 2.59. The Bertz CT molecular complexity index is 797. The third-order valence-corrected chi connectivity index (χ3v) is 12.3. The molecule has 3 unspecified atom stereocenters. The van der Waals surface area contributed by atoms with E-state index in [2.05, 4.69) is 47.6 Å². The maximum absolute atomic E-state index is 12.6. The van der Waals surface area contributed by atoms with Gasteiger partial charge in [0.15, 0.2) is 0 Å². The molecule has 0 saturated heterocycles. The molecule has 0 spiro atoms. The number of carbonyl (C=O) groups excluding carboxylic acids is 1. The van der Waals surface area contributed by atoms with Crippen molar-refractivity contribution in [3.63, 3.8) is 0 Å². The Balaban J connectivity index is 1.31. The Morgan fingerprint density at radius 3 is 2.45 bits per heavy atom. The van der Waals surface area contributed by atoms with Crippen LogP contribution in [0.3, 0.4) is 0 Å². The van der Waals surface area contributed by atoms with E-state index in [1.807, 2.05) is 0 Å². The number of hydrogen-bond acceptors (Lipinski definition) is 2. The molecule has 0 bridgehead atoms. The summed E-state index contributed by atoms with van der Waals surface area (Å²) in [5.74, 6) is 5.34. The maximum atomic E-state index is 12.6. The van der Waals surface area contributed by atoms with Crippen LogP contribution in [0.1, 0.15) is 157 Å². The third-order valence-electron chi connectivity index (χ3n) is 12.3. The summed E-state index contributed by atoms with van der Waals surface area (Å²) < 4.78 is 6.04. The lowest BCUT2D eigenvalue weighted by atomic mass is 9.47. The first kappa shape index (κ1) is 30.2. The van der Waals surface area contributed by atoms with E-state index in [0.29, 0.717) is 17.3 Å². The van der Waals surface area contributed by atoms with Gasteiger partial charge in [0.1, 0.15) is 6.10 Å². The molecule has 4 rings (SSSR count). The molecule has 8 atom stereocenters. The summed E-state index contributed by atoms with van der Waals surface area (Å²) in [6.07, 6.45) is 25.3. The molecule has 4 aliphatic carbocycles. The van der Waals surface area contributed by atoms with Crippen molar-refractivity contribution in [2.24, 2.45) is 46.3 Å². The lowest BCUT2D eigenvalue weighted by molar-refractivity contribution is -0.151. The van der Waals surface area contributed by atoms with Crippen LogP contribution in [-0.2, 0) is 9.53 Å². The van der Waals surface area contributed by atoms with Crippen molar-refractivity contribution in [3.05, 3.63) is 11.6 Å². The molecular formula is C36H62O2. The van der Waals surface area contributed by atoms with Crippen LogP contribution in [-0.4, -0.2) is 12.1 Å². The molecule has 38 heavy (non-hydrogen) atoms. The van der Waals surface area contributed by atoms with Crippen molar-refractivity contribution in [3.8, 4) is 0 Å². The second kappa shape index (κ2) is 13.2. The molecule has 0 radical (unpaired) electrons. The first-order valence-corrected chi connectivity index (χ1v) is 17.1. The number of carbonyl (C=O) groups is 1. The average molecular weight is 527 g/mol. The molecule has 0 heterocycles. The van der Waals surface area contributed by atoms with Crippen LogP contribution in [0.15, 0.2) is 11.6 Å². The fraction of sp³-hybridized carbons (Fsp3) is 0.917. The molecule has 0 amide bonds. The standard InChI is InChI=1S/C36H62O2/c1-7-8-9-10-11-12-16-34(37)38-29-21-23-35(5)28(25-29)17-18-30-32-20-19-31(27(4)15-13-14-26(2)3)36(32,6)24-22-33(30)35/h17,26-27,29-33H,7-16,18-25H2,1-6H3/t27-,29-,30-,31?,32?,33?,35-,36+/m0/s1. The quantitative estimate of drug-likeness (QED) is 0.135. The molecule has 0 aliphatic heterocycles. The van der Waals surface area contributed by atoms with E-state index < -0.39 is 0 Å². The van der Waals surface area contributed by atoms with E-state index in [1.54, 1.807) is 5.57 Å². The van der Waals surface area contributed by atoms with Crippen molar-refractivity contribution in [1.29, 1.82) is 0 Å². The van der Waals surface area contributed by atoms with Crippen molar-refractivity contribution >= 4 is 5.97 Å². The lowest BCUT2D eigenvalue weighted by Gasteiger charge is -2.58. The monoisotopic (exact) mass is 526 g/mol. The molecule has 2 heteroatoms. The zero-order valence-corrected chi connectivity index (χ0v) is 26.2. The predicted molar refractivity (Wildman–Crippen MR) is 161 cm³/mol. The molecule has 3 saturated carbocycles. The van der Waals surface area contributed by atoms with Crippen molar-refractivity contribution in [2.45, 2.75) is 163 Å². The van der Waals surface area contributed by atoms with E-state index in [9.17, 15) is 4.79 Å². The zero-order chi connectivity index (χ0) is 27.3. The largest absolute Gasteiger partial charge is 0.462 e. The Hall–Kier alpha value is -0.790. The van der Waals surface area contributed by atoms with Crippen molar-refractivity contribution in [1.82, 2.24) is 0 Å². The number of rotatable bonds is 13. The zero-order valence-electron chi connectivity index (χ0n) is 26.2. The van der Waals surface area contributed by atoms with Crippen LogP contribution < -0.4 is 0 Å². The van der Waals surface area contributed by atoms with Gasteiger partial charge in [0, 0.05) is 12.8 Å². The van der Waals surface area contributed by atoms with Crippen LogP contribution in [0.25, 0.3) is 0 Å². The van der Waals surface area contributed by atoms with Gasteiger partial charge >= 0.3 is 5.97 Å². The van der Waals surface area contributed by atoms with Gasteiger partial charge < -0.3 is 4.74 Å². The molecule has 0 aromatic heterocycles. The second-order valence-corrected chi connectivity index (χ2v) is 15.2. The Kier molecular flexibility index (Phi) is 10.5. The number of unbranched alkanes of at least 4 members (excludes halogenated alkanes) is 5. The Labute approximate surface area is 236 Å². The number of hydrogen-bond donors (Lipinski definition) is 0. The van der Waals surface area contributed by atoms with E-state index in [4.69, 9.17) is 4.74 Å². The van der Waals surface area contributed by atoms with Crippen LogP contribution in [0.5, 0.6) is 0 Å². The first-order chi connectivity index (χ1) is 18.2. The molecule has 218 valence electrons. The average Bonchev–Trinajstić information content (AvgIpc) is 3.23. The summed E-state index contributed by atoms with van der Waals surface area (Å²) >= 11 is 0. The SMILES string of the molecule is CCCCCCCCC(=O)O[C@H]1CC[C@@]2(C)C(=CC[C@H]3C4CCC([C@@H](C)CCCC(C)C)[C@@]4(C)CCC32)C1. The van der Waals surface area contributed by atoms with Crippen LogP contribution >= 0.6 is 0 Å². The van der Waals surface area contributed by atoms with Gasteiger partial charge in [-0.3, -0.25) is 4.79 Å². The van der Waals surface area contributed by atoms with Gasteiger partial charge in [-0.05, 0) is 97.7 Å². The highest BCUT2D eigenvalue weighted by atomic mass is 16.5. The van der Waals surface area contributed by atoms with E-state index in [1.165, 1.54) is 89.9 Å². The summed E-state index contributed by atoms with van der Waals surface area (Å²) in [7, 11) is 0. The molecule has 2 nitrogen and oxygen atoms in total. The van der Waals surface area contributed by atoms with Crippen molar-refractivity contribution in [2.75, 3.05) is 0 Å². The van der Waals surface area contributed by atoms with Crippen LogP contribution in [0.2, 0.25) is 0 Å². The van der Waals surface area contributed by atoms with Crippen LogP contribution in [0, 0.1) is 46.3 Å². The highest BCUT2D eigenvalue weighted by molar-refractivity contribution is 5.69. The van der Waals surface area contributed by atoms with E-state index in [0.717, 1.165) is 54.8 Å². The Morgan fingerprint density at radius 2 is 1.68 bits per heavy atom. The molecule has 4 aliphatic rings. The fourth-order valence-electron chi connectivity index (χ4n) is 10.0. The normalized spacial score (nSPS) is 37.2. The van der Waals surface area contributed by atoms with E-state index >= 15 is 0 Å². The Morgan fingerprint density at radius 1 is 0.921 bits per heavy atom. The molecular weight excluding hydrogens is 464 g/mol. The number of ether oxygens (including phenoxy) is 1.